The number of morpholine rings is 1. The summed E-state index contributed by atoms with van der Waals surface area (Å²) >= 11 is 1.79. The molecule has 0 atom stereocenters. The number of anilines is 1. The van der Waals surface area contributed by atoms with Crippen LogP contribution in [0.25, 0.3) is 32.5 Å². The Morgan fingerprint density at radius 2 is 1.94 bits per heavy atom. The monoisotopic (exact) mass is 506 g/mol. The highest BCUT2D eigenvalue weighted by molar-refractivity contribution is 7.19. The van der Waals surface area contributed by atoms with Gasteiger partial charge < -0.3 is 19.9 Å². The predicted molar refractivity (Wildman–Crippen MR) is 142 cm³/mol. The van der Waals surface area contributed by atoms with Crippen LogP contribution in [-0.2, 0) is 11.3 Å². The van der Waals surface area contributed by atoms with Gasteiger partial charge in [0, 0.05) is 66.8 Å². The Kier molecular flexibility index (Phi) is 5.69. The first kappa shape index (κ1) is 22.6. The SMILES string of the molecule is Fc1ccc2[nH]ccc2c1-c1nc(N2CCOCC2)c2sc(CN3CCNC4(CCCC4)C3)cc2n1. The van der Waals surface area contributed by atoms with Gasteiger partial charge in [-0.3, -0.25) is 4.90 Å². The number of rotatable bonds is 4. The van der Waals surface area contributed by atoms with Gasteiger partial charge >= 0.3 is 0 Å². The van der Waals surface area contributed by atoms with E-state index in [4.69, 9.17) is 14.7 Å². The fourth-order valence-electron chi connectivity index (χ4n) is 6.26. The summed E-state index contributed by atoms with van der Waals surface area (Å²) < 4.78 is 21.9. The molecule has 5 heterocycles. The van der Waals surface area contributed by atoms with Gasteiger partial charge in [0.05, 0.1) is 29.0 Å². The van der Waals surface area contributed by atoms with Crippen LogP contribution in [0, 0.1) is 5.82 Å². The molecule has 36 heavy (non-hydrogen) atoms. The molecular formula is C27H31FN6OS. The van der Waals surface area contributed by atoms with E-state index in [-0.39, 0.29) is 5.82 Å². The molecule has 0 radical (unpaired) electrons. The van der Waals surface area contributed by atoms with Crippen molar-refractivity contribution in [2.45, 2.75) is 37.8 Å². The second-order valence-electron chi connectivity index (χ2n) is 10.4. The summed E-state index contributed by atoms with van der Waals surface area (Å²) in [6.07, 6.45) is 7.05. The third-order valence-corrected chi connectivity index (χ3v) is 9.12. The summed E-state index contributed by atoms with van der Waals surface area (Å²) in [5, 5.41) is 4.62. The fraction of sp³-hybridized carbons (Fsp3) is 0.481. The highest BCUT2D eigenvalue weighted by Gasteiger charge is 2.37. The van der Waals surface area contributed by atoms with E-state index >= 15 is 4.39 Å². The Bertz CT molecular complexity index is 1400. The number of nitrogens with zero attached hydrogens (tertiary/aromatic N) is 4. The Morgan fingerprint density at radius 1 is 1.08 bits per heavy atom. The molecule has 1 saturated carbocycles. The number of nitrogens with one attached hydrogen (secondary N) is 2. The van der Waals surface area contributed by atoms with Gasteiger partial charge in [0.1, 0.15) is 5.82 Å². The van der Waals surface area contributed by atoms with E-state index in [2.05, 4.69) is 26.2 Å². The molecule has 3 aromatic heterocycles. The minimum absolute atomic E-state index is 0.299. The summed E-state index contributed by atoms with van der Waals surface area (Å²) in [5.41, 5.74) is 2.55. The quantitative estimate of drug-likeness (QED) is 0.424. The second-order valence-corrected chi connectivity index (χ2v) is 11.5. The van der Waals surface area contributed by atoms with Crippen LogP contribution in [0.2, 0.25) is 0 Å². The topological polar surface area (TPSA) is 69.3 Å². The molecule has 1 aliphatic carbocycles. The molecule has 7 nitrogen and oxygen atoms in total. The van der Waals surface area contributed by atoms with Crippen molar-refractivity contribution in [2.75, 3.05) is 50.8 Å². The van der Waals surface area contributed by atoms with Crippen molar-refractivity contribution in [2.24, 2.45) is 0 Å². The molecule has 3 aliphatic rings. The number of hydrogen-bond donors (Lipinski definition) is 2. The molecule has 0 unspecified atom stereocenters. The molecule has 1 spiro atoms. The molecule has 188 valence electrons. The molecule has 3 fully saturated rings. The summed E-state index contributed by atoms with van der Waals surface area (Å²) in [5.74, 6) is 1.05. The van der Waals surface area contributed by atoms with Gasteiger partial charge in [-0.1, -0.05) is 12.8 Å². The highest BCUT2D eigenvalue weighted by atomic mass is 32.1. The molecule has 2 saturated heterocycles. The third kappa shape index (κ3) is 3.98. The Hall–Kier alpha value is -2.59. The van der Waals surface area contributed by atoms with Crippen LogP contribution in [0.15, 0.2) is 30.5 Å². The average molecular weight is 507 g/mol. The van der Waals surface area contributed by atoms with Gasteiger partial charge in [-0.25, -0.2) is 14.4 Å². The maximum atomic E-state index is 15.2. The Morgan fingerprint density at radius 3 is 2.81 bits per heavy atom. The van der Waals surface area contributed by atoms with Crippen molar-refractivity contribution in [1.82, 2.24) is 25.2 Å². The summed E-state index contributed by atoms with van der Waals surface area (Å²) in [6.45, 7) is 7.02. The number of piperazine rings is 1. The van der Waals surface area contributed by atoms with Crippen molar-refractivity contribution >= 4 is 38.3 Å². The highest BCUT2D eigenvalue weighted by Crippen LogP contribution is 2.38. The van der Waals surface area contributed by atoms with Crippen LogP contribution in [0.5, 0.6) is 0 Å². The summed E-state index contributed by atoms with van der Waals surface area (Å²) in [4.78, 5) is 19.3. The van der Waals surface area contributed by atoms with Crippen LogP contribution in [0.3, 0.4) is 0 Å². The van der Waals surface area contributed by atoms with Gasteiger partial charge in [0.25, 0.3) is 0 Å². The molecular weight excluding hydrogens is 475 g/mol. The lowest BCUT2D eigenvalue weighted by molar-refractivity contribution is 0.122. The normalized spacial score (nSPS) is 20.8. The Labute approximate surface area is 213 Å². The molecule has 0 amide bonds. The zero-order chi connectivity index (χ0) is 24.1. The molecule has 9 heteroatoms. The lowest BCUT2D eigenvalue weighted by Gasteiger charge is -2.41. The summed E-state index contributed by atoms with van der Waals surface area (Å²) in [7, 11) is 0. The van der Waals surface area contributed by atoms with Crippen molar-refractivity contribution in [3.63, 3.8) is 0 Å². The van der Waals surface area contributed by atoms with E-state index in [1.807, 2.05) is 12.3 Å². The van der Waals surface area contributed by atoms with Gasteiger partial charge in [0.2, 0.25) is 0 Å². The number of thiophene rings is 1. The zero-order valence-corrected chi connectivity index (χ0v) is 21.2. The van der Waals surface area contributed by atoms with Gasteiger partial charge in [-0.15, -0.1) is 11.3 Å². The molecule has 7 rings (SSSR count). The number of aromatic amines is 1. The maximum Gasteiger partial charge on any atom is 0.165 e. The van der Waals surface area contributed by atoms with Crippen molar-refractivity contribution in [1.29, 1.82) is 0 Å². The number of fused-ring (bicyclic) bond motifs is 2. The predicted octanol–water partition coefficient (Wildman–Crippen LogP) is 4.53. The molecule has 4 aromatic rings. The van der Waals surface area contributed by atoms with E-state index < -0.39 is 0 Å². The van der Waals surface area contributed by atoms with Crippen molar-refractivity contribution in [3.05, 3.63) is 41.2 Å². The Balaban J connectivity index is 1.29. The minimum Gasteiger partial charge on any atom is -0.378 e. The molecule has 0 bridgehead atoms. The first-order valence-corrected chi connectivity index (χ1v) is 13.9. The van der Waals surface area contributed by atoms with Crippen molar-refractivity contribution < 1.29 is 9.13 Å². The minimum atomic E-state index is -0.299. The standard InChI is InChI=1S/C27H31FN6OS/c28-20-3-4-21-19(5-8-29-21)23(20)25-31-22-15-18(16-33-10-9-30-27(17-33)6-1-2-7-27)36-24(22)26(32-25)34-11-13-35-14-12-34/h3-5,8,15,29-30H,1-2,6-7,9-14,16-17H2. The molecule has 2 aliphatic heterocycles. The molecule has 1 aromatic carbocycles. The first-order valence-electron chi connectivity index (χ1n) is 13.0. The second kappa shape index (κ2) is 9.06. The van der Waals surface area contributed by atoms with Crippen molar-refractivity contribution in [3.8, 4) is 11.4 Å². The van der Waals surface area contributed by atoms with E-state index in [9.17, 15) is 0 Å². The van der Waals surface area contributed by atoms with Gasteiger partial charge in [0.15, 0.2) is 11.6 Å². The largest absolute Gasteiger partial charge is 0.378 e. The lowest BCUT2D eigenvalue weighted by atomic mass is 9.94. The van der Waals surface area contributed by atoms with E-state index in [1.165, 1.54) is 36.6 Å². The number of hydrogen-bond acceptors (Lipinski definition) is 7. The number of halogens is 1. The summed E-state index contributed by atoms with van der Waals surface area (Å²) in [6, 6.07) is 7.37. The number of benzene rings is 1. The number of aromatic nitrogens is 3. The van der Waals surface area contributed by atoms with E-state index in [0.29, 0.717) is 30.1 Å². The van der Waals surface area contributed by atoms with E-state index in [1.54, 1.807) is 17.4 Å². The smallest absolute Gasteiger partial charge is 0.165 e. The lowest BCUT2D eigenvalue weighted by Crippen LogP contribution is -2.58. The molecule has 2 N–H and O–H groups in total. The fourth-order valence-corrected chi connectivity index (χ4v) is 7.42. The number of H-pyrrole nitrogens is 1. The van der Waals surface area contributed by atoms with Crippen LogP contribution < -0.4 is 10.2 Å². The first-order chi connectivity index (χ1) is 17.7. The van der Waals surface area contributed by atoms with Gasteiger partial charge in [-0.05, 0) is 37.1 Å². The van der Waals surface area contributed by atoms with E-state index in [0.717, 1.165) is 66.2 Å². The third-order valence-electron chi connectivity index (χ3n) is 8.02. The average Bonchev–Trinajstić information content (AvgIpc) is 3.64. The van der Waals surface area contributed by atoms with Crippen LogP contribution in [-0.4, -0.2) is 71.3 Å². The van der Waals surface area contributed by atoms with Gasteiger partial charge in [-0.2, -0.15) is 0 Å². The zero-order valence-electron chi connectivity index (χ0n) is 20.4. The maximum absolute atomic E-state index is 15.2. The van der Waals surface area contributed by atoms with Crippen LogP contribution in [0.1, 0.15) is 30.6 Å². The van der Waals surface area contributed by atoms with Crippen LogP contribution >= 0.6 is 11.3 Å². The van der Waals surface area contributed by atoms with Crippen LogP contribution in [0.4, 0.5) is 10.2 Å². The number of ether oxygens (including phenoxy) is 1.